The molecule has 128 valence electrons. The summed E-state index contributed by atoms with van der Waals surface area (Å²) >= 11 is 0. The molecular formula is C17H24F2N2O2. The van der Waals surface area contributed by atoms with E-state index in [0.29, 0.717) is 36.4 Å². The Bertz CT molecular complexity index is 554. The van der Waals surface area contributed by atoms with E-state index in [1.165, 1.54) is 18.2 Å². The second-order valence-electron chi connectivity index (χ2n) is 5.30. The first-order valence-corrected chi connectivity index (χ1v) is 7.54. The number of hydrogen-bond donors (Lipinski definition) is 2. The fourth-order valence-corrected chi connectivity index (χ4v) is 1.92. The maximum atomic E-state index is 13.5. The molecule has 1 aromatic rings. The summed E-state index contributed by atoms with van der Waals surface area (Å²) in [5.74, 6) is -2.82. The van der Waals surface area contributed by atoms with E-state index in [1.807, 2.05) is 6.92 Å². The molecule has 4 nitrogen and oxygen atoms in total. The van der Waals surface area contributed by atoms with Crippen molar-refractivity contribution >= 4 is 11.5 Å². The number of benzene rings is 1. The van der Waals surface area contributed by atoms with Crippen LogP contribution in [0.5, 0.6) is 5.75 Å². The molecule has 6 heteroatoms. The van der Waals surface area contributed by atoms with Crippen LogP contribution in [-0.4, -0.2) is 32.7 Å². The molecular weight excluding hydrogens is 302 g/mol. The highest BCUT2D eigenvalue weighted by Gasteiger charge is 2.25. The Hall–Kier alpha value is -1.95. The van der Waals surface area contributed by atoms with Crippen LogP contribution in [-0.2, 0) is 10.7 Å². The number of rotatable bonds is 9. The predicted octanol–water partition coefficient (Wildman–Crippen LogP) is 2.94. The lowest BCUT2D eigenvalue weighted by atomic mass is 9.99. The second-order valence-corrected chi connectivity index (χ2v) is 5.30. The minimum atomic E-state index is -2.94. The van der Waals surface area contributed by atoms with Crippen LogP contribution in [0.15, 0.2) is 24.8 Å². The van der Waals surface area contributed by atoms with E-state index < -0.39 is 5.92 Å². The average molecular weight is 326 g/mol. The molecule has 0 unspecified atom stereocenters. The molecule has 0 aromatic heterocycles. The molecule has 0 aliphatic carbocycles. The number of hydrogen-bond acceptors (Lipinski definition) is 3. The van der Waals surface area contributed by atoms with E-state index in [4.69, 9.17) is 4.74 Å². The van der Waals surface area contributed by atoms with Gasteiger partial charge in [-0.2, -0.15) is 0 Å². The van der Waals surface area contributed by atoms with Gasteiger partial charge in [0.2, 0.25) is 0 Å². The molecule has 0 aliphatic rings. The molecule has 0 radical (unpaired) electrons. The summed E-state index contributed by atoms with van der Waals surface area (Å²) in [6.07, 6.45) is 0.601. The number of amides is 1. The van der Waals surface area contributed by atoms with Crippen molar-refractivity contribution in [3.05, 3.63) is 35.9 Å². The van der Waals surface area contributed by atoms with Gasteiger partial charge in [-0.25, -0.2) is 8.78 Å². The molecule has 0 saturated carbocycles. The summed E-state index contributed by atoms with van der Waals surface area (Å²) in [4.78, 5) is 11.7. The fraction of sp³-hybridized carbons (Fsp3) is 0.471. The van der Waals surface area contributed by atoms with Gasteiger partial charge in [-0.05, 0) is 37.2 Å². The van der Waals surface area contributed by atoms with Crippen molar-refractivity contribution in [1.29, 1.82) is 0 Å². The molecule has 23 heavy (non-hydrogen) atoms. The van der Waals surface area contributed by atoms with Crippen LogP contribution in [0.2, 0.25) is 0 Å². The normalized spacial score (nSPS) is 11.2. The number of likely N-dealkylation sites (N-methyl/N-ethyl adjacent to an activating group) is 1. The molecule has 2 N–H and O–H groups in total. The summed E-state index contributed by atoms with van der Waals surface area (Å²) in [5, 5.41) is 5.59. The summed E-state index contributed by atoms with van der Waals surface area (Å²) in [7, 11) is 1.79. The van der Waals surface area contributed by atoms with Crippen LogP contribution in [0.25, 0.3) is 5.57 Å². The van der Waals surface area contributed by atoms with Gasteiger partial charge < -0.3 is 15.4 Å². The highest BCUT2D eigenvalue weighted by atomic mass is 19.3. The van der Waals surface area contributed by atoms with Crippen molar-refractivity contribution in [1.82, 2.24) is 10.6 Å². The maximum absolute atomic E-state index is 13.5. The summed E-state index contributed by atoms with van der Waals surface area (Å²) in [6.45, 7) is 7.59. The van der Waals surface area contributed by atoms with Crippen LogP contribution in [0.3, 0.4) is 0 Å². The van der Waals surface area contributed by atoms with Gasteiger partial charge in [-0.15, -0.1) is 0 Å². The van der Waals surface area contributed by atoms with E-state index in [0.717, 1.165) is 6.92 Å². The van der Waals surface area contributed by atoms with Crippen molar-refractivity contribution < 1.29 is 18.3 Å². The average Bonchev–Trinajstić information content (AvgIpc) is 2.51. The molecule has 0 bridgehead atoms. The van der Waals surface area contributed by atoms with Gasteiger partial charge in [-0.3, -0.25) is 4.79 Å². The van der Waals surface area contributed by atoms with E-state index in [1.54, 1.807) is 7.05 Å². The Balaban J connectivity index is 2.85. The predicted molar refractivity (Wildman–Crippen MR) is 87.8 cm³/mol. The largest absolute Gasteiger partial charge is 0.483 e. The van der Waals surface area contributed by atoms with E-state index >= 15 is 0 Å². The highest BCUT2D eigenvalue weighted by Crippen LogP contribution is 2.34. The van der Waals surface area contributed by atoms with Crippen molar-refractivity contribution in [3.63, 3.8) is 0 Å². The first-order valence-electron chi connectivity index (χ1n) is 7.54. The third-order valence-electron chi connectivity index (χ3n) is 3.35. The molecule has 0 fully saturated rings. The lowest BCUT2D eigenvalue weighted by molar-refractivity contribution is -0.123. The Morgan fingerprint density at radius 3 is 2.61 bits per heavy atom. The zero-order chi connectivity index (χ0) is 17.5. The quantitative estimate of drug-likeness (QED) is 0.686. The molecule has 0 saturated heterocycles. The smallest absolute Gasteiger partial charge is 0.270 e. The number of ether oxygens (including phenoxy) is 1. The van der Waals surface area contributed by atoms with Crippen molar-refractivity contribution in [2.75, 3.05) is 26.7 Å². The van der Waals surface area contributed by atoms with Crippen LogP contribution in [0.4, 0.5) is 8.78 Å². The fourth-order valence-electron chi connectivity index (χ4n) is 1.92. The number of allylic oxidation sites excluding steroid dienone is 1. The van der Waals surface area contributed by atoms with Gasteiger partial charge in [0.05, 0.1) is 0 Å². The topological polar surface area (TPSA) is 50.4 Å². The molecule has 1 rings (SSSR count). The Kier molecular flexibility index (Phi) is 7.16. The Morgan fingerprint density at radius 2 is 2.04 bits per heavy atom. The van der Waals surface area contributed by atoms with Gasteiger partial charge >= 0.3 is 0 Å². The van der Waals surface area contributed by atoms with Crippen LogP contribution in [0, 0.1) is 0 Å². The molecule has 0 atom stereocenters. The van der Waals surface area contributed by atoms with Gasteiger partial charge in [0, 0.05) is 31.1 Å². The van der Waals surface area contributed by atoms with Crippen molar-refractivity contribution in [2.45, 2.75) is 26.2 Å². The van der Waals surface area contributed by atoms with Crippen LogP contribution < -0.4 is 15.4 Å². The van der Waals surface area contributed by atoms with Gasteiger partial charge in [0.15, 0.2) is 6.61 Å². The van der Waals surface area contributed by atoms with Crippen LogP contribution in [0.1, 0.15) is 31.4 Å². The number of nitrogens with one attached hydrogen (secondary N) is 2. The molecule has 0 heterocycles. The second kappa shape index (κ2) is 8.62. The Labute approximate surface area is 135 Å². The number of carbonyl (C=O) groups excluding carboxylic acids is 1. The first-order chi connectivity index (χ1) is 10.8. The van der Waals surface area contributed by atoms with E-state index in [2.05, 4.69) is 17.2 Å². The SMILES string of the molecule is C=C(CC)c1cc(C(C)(F)F)ccc1OCC(=O)NCCNC. The minimum Gasteiger partial charge on any atom is -0.483 e. The van der Waals surface area contributed by atoms with E-state index in [9.17, 15) is 13.6 Å². The van der Waals surface area contributed by atoms with Crippen molar-refractivity contribution in [3.8, 4) is 5.75 Å². The zero-order valence-electron chi connectivity index (χ0n) is 13.8. The standard InChI is InChI=1S/C17H24F2N2O2/c1-5-12(2)14-10-13(17(3,18)19)6-7-15(14)23-11-16(22)21-9-8-20-4/h6-7,10,20H,2,5,8-9,11H2,1,3-4H3,(H,21,22). The van der Waals surface area contributed by atoms with Gasteiger partial charge in [0.1, 0.15) is 5.75 Å². The van der Waals surface area contributed by atoms with Gasteiger partial charge in [0.25, 0.3) is 11.8 Å². The summed E-state index contributed by atoms with van der Waals surface area (Å²) < 4.78 is 32.4. The summed E-state index contributed by atoms with van der Waals surface area (Å²) in [5.41, 5.74) is 1.09. The Morgan fingerprint density at radius 1 is 1.35 bits per heavy atom. The lowest BCUT2D eigenvalue weighted by Gasteiger charge is -2.17. The van der Waals surface area contributed by atoms with Crippen LogP contribution >= 0.6 is 0 Å². The minimum absolute atomic E-state index is 0.104. The van der Waals surface area contributed by atoms with Gasteiger partial charge in [-0.1, -0.05) is 13.5 Å². The number of halogens is 2. The third-order valence-corrected chi connectivity index (χ3v) is 3.35. The lowest BCUT2D eigenvalue weighted by Crippen LogP contribution is -2.33. The molecule has 0 spiro atoms. The highest BCUT2D eigenvalue weighted by molar-refractivity contribution is 5.78. The zero-order valence-corrected chi connectivity index (χ0v) is 13.8. The molecule has 0 aliphatic heterocycles. The van der Waals surface area contributed by atoms with E-state index in [-0.39, 0.29) is 18.1 Å². The first kappa shape index (κ1) is 19.1. The number of alkyl halides is 2. The molecule has 1 amide bonds. The number of carbonyl (C=O) groups is 1. The maximum Gasteiger partial charge on any atom is 0.270 e. The van der Waals surface area contributed by atoms with Crippen molar-refractivity contribution in [2.24, 2.45) is 0 Å². The third kappa shape index (κ3) is 5.98. The molecule has 1 aromatic carbocycles. The summed E-state index contributed by atoms with van der Waals surface area (Å²) in [6, 6.07) is 4.14. The monoisotopic (exact) mass is 326 g/mol.